The molecule has 0 fully saturated rings. The third kappa shape index (κ3) is 5.45. The van der Waals surface area contributed by atoms with E-state index in [0.717, 1.165) is 16.7 Å². The highest BCUT2D eigenvalue weighted by Crippen LogP contribution is 2.11. The zero-order chi connectivity index (χ0) is 18.2. The van der Waals surface area contributed by atoms with Gasteiger partial charge < -0.3 is 10.1 Å². The van der Waals surface area contributed by atoms with Crippen molar-refractivity contribution in [1.82, 2.24) is 5.32 Å². The van der Waals surface area contributed by atoms with Crippen LogP contribution < -0.4 is 5.32 Å². The maximum Gasteiger partial charge on any atom is 0.251 e. The number of rotatable bonds is 7. The van der Waals surface area contributed by atoms with Crippen LogP contribution in [0.2, 0.25) is 5.02 Å². The number of hydrogen-bond acceptors (Lipinski definition) is 2. The Balaban J connectivity index is 1.46. The third-order valence-electron chi connectivity index (χ3n) is 3.94. The molecule has 0 aromatic heterocycles. The van der Waals surface area contributed by atoms with Gasteiger partial charge in [-0.15, -0.1) is 0 Å². The predicted molar refractivity (Wildman–Crippen MR) is 104 cm³/mol. The van der Waals surface area contributed by atoms with E-state index >= 15 is 0 Å². The number of ether oxygens (including phenoxy) is 1. The van der Waals surface area contributed by atoms with E-state index in [-0.39, 0.29) is 5.91 Å². The molecular weight excluding hydrogens is 346 g/mol. The van der Waals surface area contributed by atoms with Gasteiger partial charge in [-0.25, -0.2) is 0 Å². The molecule has 0 heterocycles. The number of nitrogens with one attached hydrogen (secondary N) is 1. The predicted octanol–water partition coefficient (Wildman–Crippen LogP) is 4.99. The van der Waals surface area contributed by atoms with E-state index in [1.165, 1.54) is 0 Å². The molecule has 0 unspecified atom stereocenters. The van der Waals surface area contributed by atoms with Gasteiger partial charge in [-0.1, -0.05) is 72.3 Å². The molecule has 1 amide bonds. The summed E-state index contributed by atoms with van der Waals surface area (Å²) in [6.45, 7) is 1.62. The molecule has 0 bridgehead atoms. The fourth-order valence-corrected chi connectivity index (χ4v) is 2.72. The number of carbonyl (C=O) groups excluding carboxylic acids is 1. The molecule has 0 saturated heterocycles. The number of halogens is 1. The lowest BCUT2D eigenvalue weighted by Gasteiger charge is -2.08. The van der Waals surface area contributed by atoms with E-state index in [2.05, 4.69) is 5.32 Å². The molecule has 3 aromatic rings. The molecule has 1 N–H and O–H groups in total. The average Bonchev–Trinajstić information content (AvgIpc) is 2.68. The number of hydrogen-bond donors (Lipinski definition) is 1. The second-order valence-corrected chi connectivity index (χ2v) is 6.42. The van der Waals surface area contributed by atoms with Crippen LogP contribution in [0.25, 0.3) is 0 Å². The normalized spacial score (nSPS) is 10.5. The van der Waals surface area contributed by atoms with Crippen molar-refractivity contribution in [3.05, 3.63) is 106 Å². The summed E-state index contributed by atoms with van der Waals surface area (Å²) in [5.74, 6) is -0.136. The SMILES string of the molecule is O=C(NCc1ccc(COCc2ccccc2)cc1)c1cccc(Cl)c1. The zero-order valence-corrected chi connectivity index (χ0v) is 15.1. The molecule has 3 nitrogen and oxygen atoms in total. The second-order valence-electron chi connectivity index (χ2n) is 5.99. The van der Waals surface area contributed by atoms with Crippen LogP contribution in [0, 0.1) is 0 Å². The first kappa shape index (κ1) is 18.2. The van der Waals surface area contributed by atoms with E-state index in [4.69, 9.17) is 16.3 Å². The molecule has 0 saturated carbocycles. The van der Waals surface area contributed by atoms with Gasteiger partial charge in [0.25, 0.3) is 5.91 Å². The molecule has 3 rings (SSSR count). The molecule has 0 spiro atoms. The van der Waals surface area contributed by atoms with Crippen LogP contribution >= 0.6 is 11.6 Å². The smallest absolute Gasteiger partial charge is 0.251 e. The van der Waals surface area contributed by atoms with E-state index in [1.54, 1.807) is 24.3 Å². The Labute approximate surface area is 158 Å². The molecule has 0 aliphatic rings. The van der Waals surface area contributed by atoms with Crippen molar-refractivity contribution < 1.29 is 9.53 Å². The summed E-state index contributed by atoms with van der Waals surface area (Å²) in [4.78, 5) is 12.1. The van der Waals surface area contributed by atoms with Crippen molar-refractivity contribution in [2.45, 2.75) is 19.8 Å². The van der Waals surface area contributed by atoms with Gasteiger partial charge in [-0.2, -0.15) is 0 Å². The first-order chi connectivity index (χ1) is 12.7. The van der Waals surface area contributed by atoms with E-state index < -0.39 is 0 Å². The third-order valence-corrected chi connectivity index (χ3v) is 4.18. The van der Waals surface area contributed by atoms with Gasteiger partial charge in [0.05, 0.1) is 13.2 Å². The van der Waals surface area contributed by atoms with E-state index in [1.807, 2.05) is 54.6 Å². The Hall–Kier alpha value is -2.62. The van der Waals surface area contributed by atoms with Crippen LogP contribution in [0.15, 0.2) is 78.9 Å². The first-order valence-corrected chi connectivity index (χ1v) is 8.82. The summed E-state index contributed by atoms with van der Waals surface area (Å²) in [5.41, 5.74) is 3.86. The van der Waals surface area contributed by atoms with Crippen molar-refractivity contribution in [1.29, 1.82) is 0 Å². The van der Waals surface area contributed by atoms with Gasteiger partial charge in [0, 0.05) is 17.1 Å². The summed E-state index contributed by atoms with van der Waals surface area (Å²) in [5, 5.41) is 3.45. The molecule has 3 aromatic carbocycles. The van der Waals surface area contributed by atoms with Crippen LogP contribution in [-0.4, -0.2) is 5.91 Å². The molecule has 0 aliphatic carbocycles. The van der Waals surface area contributed by atoms with Gasteiger partial charge in [0.1, 0.15) is 0 Å². The van der Waals surface area contributed by atoms with Gasteiger partial charge in [-0.3, -0.25) is 4.79 Å². The first-order valence-electron chi connectivity index (χ1n) is 8.44. The van der Waals surface area contributed by atoms with Crippen molar-refractivity contribution in [2.75, 3.05) is 0 Å². The lowest BCUT2D eigenvalue weighted by Crippen LogP contribution is -2.22. The Bertz CT molecular complexity index is 848. The lowest BCUT2D eigenvalue weighted by atomic mass is 10.1. The largest absolute Gasteiger partial charge is 0.372 e. The van der Waals surface area contributed by atoms with E-state index in [9.17, 15) is 4.79 Å². The van der Waals surface area contributed by atoms with Crippen molar-refractivity contribution in [3.8, 4) is 0 Å². The topological polar surface area (TPSA) is 38.3 Å². The van der Waals surface area contributed by atoms with Crippen molar-refractivity contribution >= 4 is 17.5 Å². The molecular formula is C22H20ClNO2. The van der Waals surface area contributed by atoms with Crippen LogP contribution in [0.5, 0.6) is 0 Å². The van der Waals surface area contributed by atoms with Crippen LogP contribution in [0.3, 0.4) is 0 Å². The minimum absolute atomic E-state index is 0.136. The molecule has 132 valence electrons. The maximum absolute atomic E-state index is 12.1. The molecule has 0 atom stereocenters. The van der Waals surface area contributed by atoms with Crippen LogP contribution in [0.1, 0.15) is 27.0 Å². The Kier molecular flexibility index (Phi) is 6.42. The number of amides is 1. The van der Waals surface area contributed by atoms with Gasteiger partial charge in [0.2, 0.25) is 0 Å². The van der Waals surface area contributed by atoms with Crippen LogP contribution in [-0.2, 0) is 24.5 Å². The summed E-state index contributed by atoms with van der Waals surface area (Å²) in [6.07, 6.45) is 0. The van der Waals surface area contributed by atoms with Gasteiger partial charge in [0.15, 0.2) is 0 Å². The highest BCUT2D eigenvalue weighted by molar-refractivity contribution is 6.30. The monoisotopic (exact) mass is 365 g/mol. The fourth-order valence-electron chi connectivity index (χ4n) is 2.53. The lowest BCUT2D eigenvalue weighted by molar-refractivity contribution is 0.0951. The summed E-state index contributed by atoms with van der Waals surface area (Å²) in [7, 11) is 0. The summed E-state index contributed by atoms with van der Waals surface area (Å²) < 4.78 is 5.73. The Morgan fingerprint density at radius 3 is 2.15 bits per heavy atom. The fraction of sp³-hybridized carbons (Fsp3) is 0.136. The van der Waals surface area contributed by atoms with Gasteiger partial charge >= 0.3 is 0 Å². The second kappa shape index (κ2) is 9.18. The zero-order valence-electron chi connectivity index (χ0n) is 14.3. The minimum atomic E-state index is -0.136. The Morgan fingerprint density at radius 2 is 1.46 bits per heavy atom. The Morgan fingerprint density at radius 1 is 0.808 bits per heavy atom. The maximum atomic E-state index is 12.1. The highest BCUT2D eigenvalue weighted by atomic mass is 35.5. The van der Waals surface area contributed by atoms with E-state index in [0.29, 0.717) is 30.3 Å². The molecule has 0 aliphatic heterocycles. The molecule has 26 heavy (non-hydrogen) atoms. The number of carbonyl (C=O) groups is 1. The van der Waals surface area contributed by atoms with Crippen molar-refractivity contribution in [3.63, 3.8) is 0 Å². The standard InChI is InChI=1S/C22H20ClNO2/c23-21-8-4-7-20(13-21)22(25)24-14-17-9-11-19(12-10-17)16-26-15-18-5-2-1-3-6-18/h1-13H,14-16H2,(H,24,25). The average molecular weight is 366 g/mol. The van der Waals surface area contributed by atoms with Crippen molar-refractivity contribution in [2.24, 2.45) is 0 Å². The van der Waals surface area contributed by atoms with Crippen LogP contribution in [0.4, 0.5) is 0 Å². The minimum Gasteiger partial charge on any atom is -0.372 e. The quantitative estimate of drug-likeness (QED) is 0.640. The molecule has 0 radical (unpaired) electrons. The summed E-state index contributed by atoms with van der Waals surface area (Å²) >= 11 is 5.91. The molecule has 4 heteroatoms. The highest BCUT2D eigenvalue weighted by Gasteiger charge is 2.05. The van der Waals surface area contributed by atoms with Gasteiger partial charge in [-0.05, 0) is 34.9 Å². The summed E-state index contributed by atoms with van der Waals surface area (Å²) in [6, 6.07) is 25.1. The number of benzene rings is 3.